The van der Waals surface area contributed by atoms with Gasteiger partial charge in [-0.15, -0.1) is 0 Å². The summed E-state index contributed by atoms with van der Waals surface area (Å²) in [5.74, 6) is 1.17. The average Bonchev–Trinajstić information content (AvgIpc) is 2.62. The maximum atomic E-state index is 12.6. The van der Waals surface area contributed by atoms with Crippen LogP contribution in [0, 0.1) is 5.92 Å². The van der Waals surface area contributed by atoms with Crippen LogP contribution in [0.25, 0.3) is 0 Å². The zero-order valence-electron chi connectivity index (χ0n) is 14.2. The predicted octanol–water partition coefficient (Wildman–Crippen LogP) is 3.97. The van der Waals surface area contributed by atoms with Gasteiger partial charge in [0, 0.05) is 18.7 Å². The van der Waals surface area contributed by atoms with Crippen LogP contribution in [0.4, 0.5) is 0 Å². The molecule has 3 rings (SSSR count). The van der Waals surface area contributed by atoms with Crippen molar-refractivity contribution in [1.82, 2.24) is 4.90 Å². The molecular formula is C20H29NO2. The van der Waals surface area contributed by atoms with Crippen LogP contribution in [0.15, 0.2) is 24.3 Å². The van der Waals surface area contributed by atoms with Crippen LogP contribution in [0.1, 0.15) is 73.7 Å². The minimum Gasteiger partial charge on any atom is -0.393 e. The minimum absolute atomic E-state index is 0.143. The summed E-state index contributed by atoms with van der Waals surface area (Å²) in [7, 11) is 0. The van der Waals surface area contributed by atoms with E-state index in [1.165, 1.54) is 37.7 Å². The number of aliphatic hydroxyl groups excluding tert-OH is 1. The summed E-state index contributed by atoms with van der Waals surface area (Å²) in [5.41, 5.74) is 2.20. The third-order valence-electron chi connectivity index (χ3n) is 5.74. The van der Waals surface area contributed by atoms with Crippen molar-refractivity contribution in [3.05, 3.63) is 35.4 Å². The molecule has 1 amide bonds. The molecule has 1 heterocycles. The number of amides is 1. The number of rotatable bonds is 3. The molecule has 1 saturated heterocycles. The van der Waals surface area contributed by atoms with Crippen LogP contribution >= 0.6 is 0 Å². The standard InChI is InChI=1S/C20H29NO2/c1-15(22)16-11-13-21(14-12-16)20(23)19-9-7-18(8-10-19)17-5-3-2-4-6-17/h7-10,15-17,22H,2-6,11-14H2,1H3. The molecule has 1 aliphatic heterocycles. The van der Waals surface area contributed by atoms with E-state index in [1.54, 1.807) is 0 Å². The van der Waals surface area contributed by atoms with E-state index >= 15 is 0 Å². The largest absolute Gasteiger partial charge is 0.393 e. The molecule has 1 saturated carbocycles. The summed E-state index contributed by atoms with van der Waals surface area (Å²) < 4.78 is 0. The minimum atomic E-state index is -0.262. The molecule has 1 N–H and O–H groups in total. The van der Waals surface area contributed by atoms with Crippen LogP contribution in [0.2, 0.25) is 0 Å². The Balaban J connectivity index is 1.59. The van der Waals surface area contributed by atoms with E-state index in [2.05, 4.69) is 12.1 Å². The fourth-order valence-electron chi connectivity index (χ4n) is 4.10. The van der Waals surface area contributed by atoms with E-state index in [0.717, 1.165) is 31.5 Å². The van der Waals surface area contributed by atoms with Crippen molar-refractivity contribution in [1.29, 1.82) is 0 Å². The second-order valence-corrected chi connectivity index (χ2v) is 7.33. The lowest BCUT2D eigenvalue weighted by Crippen LogP contribution is -2.40. The molecule has 1 aromatic rings. The Kier molecular flexibility index (Phi) is 5.37. The first kappa shape index (κ1) is 16.5. The van der Waals surface area contributed by atoms with Crippen molar-refractivity contribution in [3.63, 3.8) is 0 Å². The van der Waals surface area contributed by atoms with E-state index in [0.29, 0.717) is 11.8 Å². The molecule has 1 unspecified atom stereocenters. The highest BCUT2D eigenvalue weighted by molar-refractivity contribution is 5.94. The lowest BCUT2D eigenvalue weighted by molar-refractivity contribution is 0.0521. The number of aliphatic hydroxyl groups is 1. The number of likely N-dealkylation sites (tertiary alicyclic amines) is 1. The third kappa shape index (κ3) is 3.95. The second kappa shape index (κ2) is 7.48. The third-order valence-corrected chi connectivity index (χ3v) is 5.74. The number of carbonyl (C=O) groups is 1. The molecule has 2 fully saturated rings. The van der Waals surface area contributed by atoms with Gasteiger partial charge in [0.25, 0.3) is 5.91 Å². The maximum Gasteiger partial charge on any atom is 0.253 e. The zero-order chi connectivity index (χ0) is 16.2. The predicted molar refractivity (Wildman–Crippen MR) is 92.6 cm³/mol. The summed E-state index contributed by atoms with van der Waals surface area (Å²) in [6, 6.07) is 8.33. The Hall–Kier alpha value is -1.35. The topological polar surface area (TPSA) is 40.5 Å². The zero-order valence-corrected chi connectivity index (χ0v) is 14.2. The Morgan fingerprint density at radius 1 is 1.04 bits per heavy atom. The van der Waals surface area contributed by atoms with E-state index in [-0.39, 0.29) is 12.0 Å². The molecule has 23 heavy (non-hydrogen) atoms. The number of hydrogen-bond acceptors (Lipinski definition) is 2. The first-order valence-corrected chi connectivity index (χ1v) is 9.22. The summed E-state index contributed by atoms with van der Waals surface area (Å²) in [6.07, 6.45) is 8.18. The summed E-state index contributed by atoms with van der Waals surface area (Å²) >= 11 is 0. The van der Waals surface area contributed by atoms with Crippen molar-refractivity contribution in [2.75, 3.05) is 13.1 Å². The Morgan fingerprint density at radius 3 is 2.22 bits per heavy atom. The van der Waals surface area contributed by atoms with Crippen molar-refractivity contribution in [3.8, 4) is 0 Å². The molecule has 1 aliphatic carbocycles. The quantitative estimate of drug-likeness (QED) is 0.917. The molecule has 0 bridgehead atoms. The van der Waals surface area contributed by atoms with Gasteiger partial charge in [-0.25, -0.2) is 0 Å². The summed E-state index contributed by atoms with van der Waals surface area (Å²) in [5, 5.41) is 9.67. The molecule has 0 aromatic heterocycles. The second-order valence-electron chi connectivity index (χ2n) is 7.33. The smallest absolute Gasteiger partial charge is 0.253 e. The first-order chi connectivity index (χ1) is 11.1. The molecule has 1 atom stereocenters. The van der Waals surface area contributed by atoms with Crippen molar-refractivity contribution in [2.24, 2.45) is 5.92 Å². The normalized spacial score (nSPS) is 22.1. The lowest BCUT2D eigenvalue weighted by Gasteiger charge is -2.33. The highest BCUT2D eigenvalue weighted by atomic mass is 16.3. The van der Waals surface area contributed by atoms with Gasteiger partial charge in [-0.1, -0.05) is 31.4 Å². The van der Waals surface area contributed by atoms with Gasteiger partial charge < -0.3 is 10.0 Å². The van der Waals surface area contributed by atoms with Gasteiger partial charge in [0.15, 0.2) is 0 Å². The van der Waals surface area contributed by atoms with Crippen LogP contribution in [0.3, 0.4) is 0 Å². The van der Waals surface area contributed by atoms with Crippen molar-refractivity contribution >= 4 is 5.91 Å². The molecule has 126 valence electrons. The Morgan fingerprint density at radius 2 is 1.65 bits per heavy atom. The molecule has 3 heteroatoms. The molecule has 0 spiro atoms. The number of nitrogens with zero attached hydrogens (tertiary/aromatic N) is 1. The average molecular weight is 315 g/mol. The first-order valence-electron chi connectivity index (χ1n) is 9.22. The van der Waals surface area contributed by atoms with Crippen molar-refractivity contribution < 1.29 is 9.90 Å². The highest BCUT2D eigenvalue weighted by Crippen LogP contribution is 2.32. The SMILES string of the molecule is CC(O)C1CCN(C(=O)c2ccc(C3CCCCC3)cc2)CC1. The van der Waals surface area contributed by atoms with E-state index in [1.807, 2.05) is 24.0 Å². The van der Waals surface area contributed by atoms with Crippen LogP contribution in [-0.4, -0.2) is 35.1 Å². The number of hydrogen-bond donors (Lipinski definition) is 1. The van der Waals surface area contributed by atoms with Gasteiger partial charge in [0.05, 0.1) is 6.10 Å². The summed E-state index contributed by atoms with van der Waals surface area (Å²) in [4.78, 5) is 14.6. The number of benzene rings is 1. The molecule has 3 nitrogen and oxygen atoms in total. The Labute approximate surface area is 139 Å². The highest BCUT2D eigenvalue weighted by Gasteiger charge is 2.26. The maximum absolute atomic E-state index is 12.6. The molecule has 1 aromatic carbocycles. The van der Waals surface area contributed by atoms with Gasteiger partial charge >= 0.3 is 0 Å². The van der Waals surface area contributed by atoms with Gasteiger partial charge in [-0.05, 0) is 62.1 Å². The van der Waals surface area contributed by atoms with Gasteiger partial charge in [-0.2, -0.15) is 0 Å². The van der Waals surface area contributed by atoms with E-state index in [4.69, 9.17) is 0 Å². The number of carbonyl (C=O) groups excluding carboxylic acids is 1. The molecule has 0 radical (unpaired) electrons. The van der Waals surface area contributed by atoms with Gasteiger partial charge in [-0.3, -0.25) is 4.79 Å². The van der Waals surface area contributed by atoms with Crippen LogP contribution in [0.5, 0.6) is 0 Å². The van der Waals surface area contributed by atoms with Gasteiger partial charge in [0.1, 0.15) is 0 Å². The lowest BCUT2D eigenvalue weighted by atomic mass is 9.84. The summed E-state index contributed by atoms with van der Waals surface area (Å²) in [6.45, 7) is 3.38. The number of piperidine rings is 1. The fourth-order valence-corrected chi connectivity index (χ4v) is 4.10. The Bertz CT molecular complexity index is 509. The monoisotopic (exact) mass is 315 g/mol. The van der Waals surface area contributed by atoms with Crippen molar-refractivity contribution in [2.45, 2.75) is 63.9 Å². The van der Waals surface area contributed by atoms with Crippen LogP contribution < -0.4 is 0 Å². The molecular weight excluding hydrogens is 286 g/mol. The van der Waals surface area contributed by atoms with E-state index in [9.17, 15) is 9.90 Å². The van der Waals surface area contributed by atoms with E-state index < -0.39 is 0 Å². The van der Waals surface area contributed by atoms with Crippen LogP contribution in [-0.2, 0) is 0 Å². The fraction of sp³-hybridized carbons (Fsp3) is 0.650. The van der Waals surface area contributed by atoms with Gasteiger partial charge in [0.2, 0.25) is 0 Å². The molecule has 2 aliphatic rings.